The van der Waals surface area contributed by atoms with Gasteiger partial charge < -0.3 is 4.74 Å². The third kappa shape index (κ3) is 1.84. The van der Waals surface area contributed by atoms with Gasteiger partial charge in [0.15, 0.2) is 11.6 Å². The standard InChI is InChI=1S/C11H9ClN2O2/c1-6(15)10-13-9-5-7(12)3-4-8(9)11(14-10)16-2/h3-5H,1-2H3. The molecule has 4 nitrogen and oxygen atoms in total. The van der Waals surface area contributed by atoms with Crippen LogP contribution in [0, 0.1) is 0 Å². The molecule has 1 aromatic carbocycles. The van der Waals surface area contributed by atoms with Gasteiger partial charge in [0.1, 0.15) is 0 Å². The number of methoxy groups -OCH3 is 1. The van der Waals surface area contributed by atoms with E-state index >= 15 is 0 Å². The first kappa shape index (κ1) is 10.8. The smallest absolute Gasteiger partial charge is 0.224 e. The SMILES string of the molecule is COc1nc(C(C)=O)nc2cc(Cl)ccc12. The molecule has 0 unspecified atom stereocenters. The summed E-state index contributed by atoms with van der Waals surface area (Å²) in [5, 5.41) is 1.29. The topological polar surface area (TPSA) is 52.1 Å². The van der Waals surface area contributed by atoms with Gasteiger partial charge in [-0.1, -0.05) is 11.6 Å². The molecule has 82 valence electrons. The van der Waals surface area contributed by atoms with E-state index in [1.807, 2.05) is 0 Å². The lowest BCUT2D eigenvalue weighted by Crippen LogP contribution is -2.03. The molecule has 0 bridgehead atoms. The average molecular weight is 237 g/mol. The van der Waals surface area contributed by atoms with E-state index in [1.54, 1.807) is 18.2 Å². The van der Waals surface area contributed by atoms with Gasteiger partial charge in [0.05, 0.1) is 18.0 Å². The number of Topliss-reactive ketones (excluding diaryl/α,β-unsaturated/α-hetero) is 1. The predicted octanol–water partition coefficient (Wildman–Crippen LogP) is 2.49. The summed E-state index contributed by atoms with van der Waals surface area (Å²) in [7, 11) is 1.50. The Labute approximate surface area is 97.2 Å². The molecular formula is C11H9ClN2O2. The van der Waals surface area contributed by atoms with Crippen molar-refractivity contribution in [1.29, 1.82) is 0 Å². The van der Waals surface area contributed by atoms with Crippen molar-refractivity contribution >= 4 is 28.3 Å². The molecule has 0 fully saturated rings. The molecule has 2 rings (SSSR count). The van der Waals surface area contributed by atoms with Crippen LogP contribution >= 0.6 is 11.6 Å². The number of fused-ring (bicyclic) bond motifs is 1. The van der Waals surface area contributed by atoms with Crippen LogP contribution in [0.3, 0.4) is 0 Å². The van der Waals surface area contributed by atoms with E-state index in [4.69, 9.17) is 16.3 Å². The fourth-order valence-corrected chi connectivity index (χ4v) is 1.55. The van der Waals surface area contributed by atoms with Crippen molar-refractivity contribution in [2.75, 3.05) is 7.11 Å². The summed E-state index contributed by atoms with van der Waals surface area (Å²) in [5.74, 6) is 0.304. The Morgan fingerprint density at radius 1 is 1.38 bits per heavy atom. The second-order valence-electron chi connectivity index (χ2n) is 3.27. The third-order valence-electron chi connectivity index (χ3n) is 2.13. The lowest BCUT2D eigenvalue weighted by atomic mass is 10.2. The van der Waals surface area contributed by atoms with E-state index in [2.05, 4.69) is 9.97 Å². The van der Waals surface area contributed by atoms with Crippen LogP contribution < -0.4 is 4.74 Å². The maximum absolute atomic E-state index is 11.2. The zero-order chi connectivity index (χ0) is 11.7. The number of hydrogen-bond donors (Lipinski definition) is 0. The fourth-order valence-electron chi connectivity index (χ4n) is 1.39. The summed E-state index contributed by atoms with van der Waals surface area (Å²) in [6.07, 6.45) is 0. The van der Waals surface area contributed by atoms with Crippen molar-refractivity contribution in [3.05, 3.63) is 29.0 Å². The van der Waals surface area contributed by atoms with Crippen LogP contribution in [-0.4, -0.2) is 22.9 Å². The van der Waals surface area contributed by atoms with Crippen LogP contribution in [0.1, 0.15) is 17.5 Å². The largest absolute Gasteiger partial charge is 0.480 e. The van der Waals surface area contributed by atoms with Crippen molar-refractivity contribution in [2.24, 2.45) is 0 Å². The third-order valence-corrected chi connectivity index (χ3v) is 2.37. The Balaban J connectivity index is 2.78. The number of nitrogens with zero attached hydrogens (tertiary/aromatic N) is 2. The summed E-state index contributed by atoms with van der Waals surface area (Å²) >= 11 is 5.86. The normalized spacial score (nSPS) is 10.4. The maximum atomic E-state index is 11.2. The Kier molecular flexibility index (Phi) is 2.75. The number of aromatic nitrogens is 2. The summed E-state index contributed by atoms with van der Waals surface area (Å²) in [5.41, 5.74) is 0.601. The van der Waals surface area contributed by atoms with Gasteiger partial charge in [0, 0.05) is 11.9 Å². The zero-order valence-electron chi connectivity index (χ0n) is 8.82. The van der Waals surface area contributed by atoms with Crippen LogP contribution in [0.2, 0.25) is 5.02 Å². The summed E-state index contributed by atoms with van der Waals surface area (Å²) in [6.45, 7) is 1.41. The Morgan fingerprint density at radius 2 is 2.12 bits per heavy atom. The van der Waals surface area contributed by atoms with E-state index < -0.39 is 0 Å². The molecule has 0 radical (unpaired) electrons. The highest BCUT2D eigenvalue weighted by Crippen LogP contribution is 2.24. The first-order valence-electron chi connectivity index (χ1n) is 4.64. The van der Waals surface area contributed by atoms with Crippen molar-refractivity contribution in [3.8, 4) is 5.88 Å². The van der Waals surface area contributed by atoms with E-state index in [1.165, 1.54) is 14.0 Å². The monoisotopic (exact) mass is 236 g/mol. The Hall–Kier alpha value is -1.68. The molecule has 0 amide bonds. The number of halogens is 1. The molecule has 1 aromatic heterocycles. The van der Waals surface area contributed by atoms with Crippen LogP contribution in [-0.2, 0) is 0 Å². The second kappa shape index (κ2) is 4.06. The second-order valence-corrected chi connectivity index (χ2v) is 3.71. The van der Waals surface area contributed by atoms with Gasteiger partial charge in [-0.15, -0.1) is 0 Å². The van der Waals surface area contributed by atoms with Gasteiger partial charge in [-0.3, -0.25) is 4.79 Å². The first-order chi connectivity index (χ1) is 7.61. The van der Waals surface area contributed by atoms with Crippen molar-refractivity contribution in [1.82, 2.24) is 9.97 Å². The molecule has 1 heterocycles. The molecule has 0 saturated heterocycles. The maximum Gasteiger partial charge on any atom is 0.224 e. The number of rotatable bonds is 2. The highest BCUT2D eigenvalue weighted by molar-refractivity contribution is 6.31. The van der Waals surface area contributed by atoms with Crippen LogP contribution in [0.25, 0.3) is 10.9 Å². The van der Waals surface area contributed by atoms with Gasteiger partial charge in [0.2, 0.25) is 5.88 Å². The Morgan fingerprint density at radius 3 is 2.75 bits per heavy atom. The number of carbonyl (C=O) groups is 1. The molecule has 16 heavy (non-hydrogen) atoms. The lowest BCUT2D eigenvalue weighted by molar-refractivity contribution is 0.100. The van der Waals surface area contributed by atoms with E-state index in [9.17, 15) is 4.79 Å². The van der Waals surface area contributed by atoms with Crippen LogP contribution in [0.15, 0.2) is 18.2 Å². The van der Waals surface area contributed by atoms with Crippen LogP contribution in [0.4, 0.5) is 0 Å². The molecule has 0 aliphatic heterocycles. The minimum Gasteiger partial charge on any atom is -0.480 e. The molecule has 5 heteroatoms. The van der Waals surface area contributed by atoms with Crippen molar-refractivity contribution in [2.45, 2.75) is 6.92 Å². The highest BCUT2D eigenvalue weighted by atomic mass is 35.5. The van der Waals surface area contributed by atoms with Gasteiger partial charge in [0.25, 0.3) is 0 Å². The number of ketones is 1. The average Bonchev–Trinajstić information content (AvgIpc) is 2.26. The molecule has 2 aromatic rings. The minimum absolute atomic E-state index is 0.131. The minimum atomic E-state index is -0.208. The van der Waals surface area contributed by atoms with E-state index in [-0.39, 0.29) is 11.6 Å². The number of hydrogen-bond acceptors (Lipinski definition) is 4. The van der Waals surface area contributed by atoms with Gasteiger partial charge >= 0.3 is 0 Å². The van der Waals surface area contributed by atoms with Gasteiger partial charge in [-0.25, -0.2) is 4.98 Å². The van der Waals surface area contributed by atoms with E-state index in [0.717, 1.165) is 5.39 Å². The van der Waals surface area contributed by atoms with Gasteiger partial charge in [-0.05, 0) is 18.2 Å². The summed E-state index contributed by atoms with van der Waals surface area (Å²) < 4.78 is 5.11. The highest BCUT2D eigenvalue weighted by Gasteiger charge is 2.11. The van der Waals surface area contributed by atoms with Crippen LogP contribution in [0.5, 0.6) is 5.88 Å². The molecule has 0 N–H and O–H groups in total. The number of benzene rings is 1. The Bertz CT molecular complexity index is 569. The fraction of sp³-hybridized carbons (Fsp3) is 0.182. The zero-order valence-corrected chi connectivity index (χ0v) is 9.58. The molecule has 0 spiro atoms. The van der Waals surface area contributed by atoms with E-state index in [0.29, 0.717) is 16.4 Å². The molecular weight excluding hydrogens is 228 g/mol. The lowest BCUT2D eigenvalue weighted by Gasteiger charge is -2.05. The number of ether oxygens (including phenoxy) is 1. The molecule has 0 aliphatic rings. The number of carbonyl (C=O) groups excluding carboxylic acids is 1. The molecule has 0 atom stereocenters. The van der Waals surface area contributed by atoms with Crippen molar-refractivity contribution < 1.29 is 9.53 Å². The molecule has 0 aliphatic carbocycles. The quantitative estimate of drug-likeness (QED) is 0.752. The molecule has 0 saturated carbocycles. The summed E-state index contributed by atoms with van der Waals surface area (Å²) in [6, 6.07) is 5.16. The predicted molar refractivity (Wildman–Crippen MR) is 61.1 cm³/mol. The first-order valence-corrected chi connectivity index (χ1v) is 5.02. The van der Waals surface area contributed by atoms with Gasteiger partial charge in [-0.2, -0.15) is 4.98 Å². The van der Waals surface area contributed by atoms with Crippen molar-refractivity contribution in [3.63, 3.8) is 0 Å². The summed E-state index contributed by atoms with van der Waals surface area (Å²) in [4.78, 5) is 19.4.